The van der Waals surface area contributed by atoms with Gasteiger partial charge in [0.05, 0.1) is 6.54 Å². The summed E-state index contributed by atoms with van der Waals surface area (Å²) < 4.78 is 0. The molecular formula is C14H23N7. The van der Waals surface area contributed by atoms with E-state index in [0.717, 1.165) is 64.3 Å². The van der Waals surface area contributed by atoms with E-state index in [9.17, 15) is 0 Å². The van der Waals surface area contributed by atoms with Gasteiger partial charge < -0.3 is 15.1 Å². The molecule has 0 bridgehead atoms. The van der Waals surface area contributed by atoms with E-state index in [4.69, 9.17) is 0 Å². The average molecular weight is 289 g/mol. The van der Waals surface area contributed by atoms with Gasteiger partial charge >= 0.3 is 0 Å². The molecule has 114 valence electrons. The molecule has 1 fully saturated rings. The Hall–Kier alpha value is -1.89. The zero-order valence-corrected chi connectivity index (χ0v) is 12.6. The second-order valence-corrected chi connectivity index (χ2v) is 5.43. The second kappa shape index (κ2) is 6.71. The Morgan fingerprint density at radius 3 is 2.52 bits per heavy atom. The molecule has 0 aromatic carbocycles. The maximum absolute atomic E-state index is 4.44. The smallest absolute Gasteiger partial charge is 0.225 e. The first-order chi connectivity index (χ1) is 10.3. The van der Waals surface area contributed by atoms with Gasteiger partial charge in [0.2, 0.25) is 5.95 Å². The molecule has 2 aliphatic heterocycles. The van der Waals surface area contributed by atoms with Crippen molar-refractivity contribution in [2.45, 2.75) is 0 Å². The van der Waals surface area contributed by atoms with Crippen molar-refractivity contribution >= 4 is 11.9 Å². The lowest BCUT2D eigenvalue weighted by molar-refractivity contribution is 0.260. The van der Waals surface area contributed by atoms with Crippen molar-refractivity contribution in [1.29, 1.82) is 0 Å². The second-order valence-electron chi connectivity index (χ2n) is 5.43. The number of piperazine rings is 1. The third-order valence-corrected chi connectivity index (χ3v) is 3.98. The van der Waals surface area contributed by atoms with Gasteiger partial charge in [0, 0.05) is 65.3 Å². The maximum Gasteiger partial charge on any atom is 0.225 e. The van der Waals surface area contributed by atoms with Crippen LogP contribution in [0.2, 0.25) is 0 Å². The molecule has 7 nitrogen and oxygen atoms in total. The summed E-state index contributed by atoms with van der Waals surface area (Å²) in [5, 5.41) is 3.42. The molecule has 3 heterocycles. The van der Waals surface area contributed by atoms with E-state index >= 15 is 0 Å². The van der Waals surface area contributed by atoms with Crippen LogP contribution in [0.3, 0.4) is 0 Å². The van der Waals surface area contributed by atoms with Crippen LogP contribution in [0.5, 0.6) is 0 Å². The Morgan fingerprint density at radius 1 is 1.10 bits per heavy atom. The first-order valence-corrected chi connectivity index (χ1v) is 7.57. The van der Waals surface area contributed by atoms with Gasteiger partial charge in [-0.1, -0.05) is 0 Å². The van der Waals surface area contributed by atoms with E-state index in [1.54, 1.807) is 12.4 Å². The molecule has 0 saturated carbocycles. The number of hydrogen-bond acceptors (Lipinski definition) is 7. The fraction of sp³-hybridized carbons (Fsp3) is 0.643. The number of nitrogens with one attached hydrogen (secondary N) is 1. The first-order valence-electron chi connectivity index (χ1n) is 7.57. The van der Waals surface area contributed by atoms with Crippen LogP contribution < -0.4 is 10.2 Å². The fourth-order valence-electron chi connectivity index (χ4n) is 2.68. The van der Waals surface area contributed by atoms with Crippen molar-refractivity contribution in [3.8, 4) is 0 Å². The highest BCUT2D eigenvalue weighted by Crippen LogP contribution is 2.09. The fourth-order valence-corrected chi connectivity index (χ4v) is 2.68. The maximum atomic E-state index is 4.44. The number of guanidine groups is 1. The van der Waals surface area contributed by atoms with Crippen molar-refractivity contribution in [3.63, 3.8) is 0 Å². The Kier molecular flexibility index (Phi) is 4.49. The van der Waals surface area contributed by atoms with Gasteiger partial charge in [-0.05, 0) is 6.07 Å². The van der Waals surface area contributed by atoms with E-state index in [2.05, 4.69) is 42.0 Å². The molecule has 0 aliphatic carbocycles. The predicted octanol–water partition coefficient (Wildman–Crippen LogP) is -0.510. The number of nitrogens with zero attached hydrogens (tertiary/aromatic N) is 6. The van der Waals surface area contributed by atoms with Crippen molar-refractivity contribution < 1.29 is 0 Å². The van der Waals surface area contributed by atoms with E-state index < -0.39 is 0 Å². The zero-order chi connectivity index (χ0) is 14.5. The summed E-state index contributed by atoms with van der Waals surface area (Å²) in [7, 11) is 2.08. The topological polar surface area (TPSA) is 59.9 Å². The molecule has 3 rings (SSSR count). The molecule has 7 heteroatoms. The SMILES string of the molecule is CN1CCN=C1NCCN1CCN(c2ncccn2)CC1. The van der Waals surface area contributed by atoms with Gasteiger partial charge in [0.1, 0.15) is 0 Å². The van der Waals surface area contributed by atoms with E-state index in [-0.39, 0.29) is 0 Å². The summed E-state index contributed by atoms with van der Waals surface area (Å²) in [4.78, 5) is 20.0. The zero-order valence-electron chi connectivity index (χ0n) is 12.6. The third-order valence-electron chi connectivity index (χ3n) is 3.98. The van der Waals surface area contributed by atoms with Crippen LogP contribution in [0, 0.1) is 0 Å². The van der Waals surface area contributed by atoms with Gasteiger partial charge in [0.25, 0.3) is 0 Å². The summed E-state index contributed by atoms with van der Waals surface area (Å²) in [6.07, 6.45) is 3.61. The first kappa shape index (κ1) is 14.1. The highest BCUT2D eigenvalue weighted by atomic mass is 15.3. The van der Waals surface area contributed by atoms with Gasteiger partial charge in [0.15, 0.2) is 5.96 Å². The van der Waals surface area contributed by atoms with E-state index in [1.165, 1.54) is 0 Å². The lowest BCUT2D eigenvalue weighted by Gasteiger charge is -2.34. The molecule has 0 amide bonds. The number of hydrogen-bond donors (Lipinski definition) is 1. The Labute approximate surface area is 125 Å². The molecule has 0 unspecified atom stereocenters. The van der Waals surface area contributed by atoms with Crippen LogP contribution in [0.15, 0.2) is 23.5 Å². The summed E-state index contributed by atoms with van der Waals surface area (Å²) in [5.74, 6) is 1.88. The van der Waals surface area contributed by atoms with Crippen LogP contribution in [0.25, 0.3) is 0 Å². The van der Waals surface area contributed by atoms with Crippen molar-refractivity contribution in [2.24, 2.45) is 4.99 Å². The predicted molar refractivity (Wildman–Crippen MR) is 83.6 cm³/mol. The molecule has 1 aromatic heterocycles. The molecule has 0 atom stereocenters. The quantitative estimate of drug-likeness (QED) is 0.806. The minimum Gasteiger partial charge on any atom is -0.355 e. The lowest BCUT2D eigenvalue weighted by Crippen LogP contribution is -2.49. The number of rotatable bonds is 4. The standard InChI is InChI=1S/C14H23N7/c1-19-7-5-17-13(19)18-6-8-20-9-11-21(12-10-20)14-15-3-2-4-16-14/h2-4H,5-12H2,1H3,(H,17,18). The molecule has 1 saturated heterocycles. The van der Waals surface area contributed by atoms with Crippen molar-refractivity contribution in [3.05, 3.63) is 18.5 Å². The van der Waals surface area contributed by atoms with Gasteiger partial charge in [-0.15, -0.1) is 0 Å². The normalized spacial score (nSPS) is 19.8. The number of aromatic nitrogens is 2. The summed E-state index contributed by atoms with van der Waals surface area (Å²) in [5.41, 5.74) is 0. The summed E-state index contributed by atoms with van der Waals surface area (Å²) in [6, 6.07) is 1.86. The largest absolute Gasteiger partial charge is 0.355 e. The van der Waals surface area contributed by atoms with E-state index in [0.29, 0.717) is 0 Å². The van der Waals surface area contributed by atoms with Gasteiger partial charge in [-0.25, -0.2) is 9.97 Å². The average Bonchev–Trinajstić information content (AvgIpc) is 2.94. The molecule has 1 aromatic rings. The van der Waals surface area contributed by atoms with Crippen LogP contribution in [0.4, 0.5) is 5.95 Å². The van der Waals surface area contributed by atoms with Crippen LogP contribution >= 0.6 is 0 Å². The van der Waals surface area contributed by atoms with Crippen molar-refractivity contribution in [1.82, 2.24) is 25.1 Å². The molecular weight excluding hydrogens is 266 g/mol. The van der Waals surface area contributed by atoms with E-state index in [1.807, 2.05) is 6.07 Å². The minimum absolute atomic E-state index is 0.845. The van der Waals surface area contributed by atoms with Gasteiger partial charge in [-0.2, -0.15) is 0 Å². The number of anilines is 1. The summed E-state index contributed by atoms with van der Waals surface area (Å²) in [6.45, 7) is 8.04. The highest BCUT2D eigenvalue weighted by molar-refractivity contribution is 5.81. The monoisotopic (exact) mass is 289 g/mol. The molecule has 2 aliphatic rings. The van der Waals surface area contributed by atoms with Gasteiger partial charge in [-0.3, -0.25) is 9.89 Å². The van der Waals surface area contributed by atoms with Crippen molar-refractivity contribution in [2.75, 3.05) is 64.3 Å². The molecule has 0 radical (unpaired) electrons. The highest BCUT2D eigenvalue weighted by Gasteiger charge is 2.18. The Bertz CT molecular complexity index is 467. The minimum atomic E-state index is 0.845. The summed E-state index contributed by atoms with van der Waals surface area (Å²) >= 11 is 0. The Morgan fingerprint density at radius 2 is 1.86 bits per heavy atom. The molecule has 0 spiro atoms. The lowest BCUT2D eigenvalue weighted by atomic mass is 10.3. The van der Waals surface area contributed by atoms with Crippen LogP contribution in [0.1, 0.15) is 0 Å². The number of likely N-dealkylation sites (N-methyl/N-ethyl adjacent to an activating group) is 1. The Balaban J connectivity index is 1.38. The molecule has 1 N–H and O–H groups in total. The number of aliphatic imine (C=N–C) groups is 1. The van der Waals surface area contributed by atoms with Crippen LogP contribution in [-0.2, 0) is 0 Å². The third kappa shape index (κ3) is 3.60. The van der Waals surface area contributed by atoms with Crippen LogP contribution in [-0.4, -0.2) is 85.1 Å². The molecule has 21 heavy (non-hydrogen) atoms.